The minimum absolute atomic E-state index is 0.0399. The fraction of sp³-hybridized carbons (Fsp3) is 0.278. The molecule has 0 bridgehead atoms. The largest absolute Gasteiger partial charge is 0.497 e. The number of nitrogens with one attached hydrogen (secondary N) is 1. The smallest absolute Gasteiger partial charge is 0.264 e. The van der Waals surface area contributed by atoms with E-state index in [9.17, 15) is 18.0 Å². The molecule has 1 N–H and O–H groups in total. The molecular weight excluding hydrogens is 682 g/mol. The highest BCUT2D eigenvalue weighted by atomic mass is 79.9. The second-order valence-corrected chi connectivity index (χ2v) is 14.7. The van der Waals surface area contributed by atoms with Crippen LogP contribution in [0.15, 0.2) is 112 Å². The van der Waals surface area contributed by atoms with Crippen molar-refractivity contribution >= 4 is 43.5 Å². The molecule has 9 nitrogen and oxygen atoms in total. The van der Waals surface area contributed by atoms with Gasteiger partial charge >= 0.3 is 0 Å². The summed E-state index contributed by atoms with van der Waals surface area (Å²) in [5.74, 6) is -0.176. The quantitative estimate of drug-likeness (QED) is 0.176. The zero-order valence-corrected chi connectivity index (χ0v) is 29.5. The molecule has 1 atom stereocenters. The Labute approximate surface area is 285 Å². The fourth-order valence-electron chi connectivity index (χ4n) is 5.06. The Balaban J connectivity index is 1.85. The van der Waals surface area contributed by atoms with E-state index in [-0.39, 0.29) is 35.2 Å². The molecule has 0 heterocycles. The van der Waals surface area contributed by atoms with Crippen molar-refractivity contribution in [2.24, 2.45) is 0 Å². The average Bonchev–Trinajstić information content (AvgIpc) is 3.04. The van der Waals surface area contributed by atoms with Crippen LogP contribution in [0.5, 0.6) is 11.5 Å². The molecule has 4 aromatic rings. The van der Waals surface area contributed by atoms with E-state index >= 15 is 0 Å². The number of carbonyl (C=O) groups excluding carboxylic acids is 2. The van der Waals surface area contributed by atoms with Gasteiger partial charge in [-0.2, -0.15) is 0 Å². The minimum atomic E-state index is -4.31. The molecule has 11 heteroatoms. The molecule has 0 aliphatic heterocycles. The van der Waals surface area contributed by atoms with Crippen LogP contribution in [0.2, 0.25) is 0 Å². The Morgan fingerprint density at radius 2 is 1.47 bits per heavy atom. The molecule has 0 aromatic heterocycles. The first-order valence-electron chi connectivity index (χ1n) is 15.0. The number of halogens is 1. The molecule has 248 valence electrons. The Morgan fingerprint density at radius 1 is 0.830 bits per heavy atom. The van der Waals surface area contributed by atoms with Crippen molar-refractivity contribution in [3.05, 3.63) is 119 Å². The minimum Gasteiger partial charge on any atom is -0.497 e. The number of amides is 2. The van der Waals surface area contributed by atoms with Gasteiger partial charge in [0.05, 0.1) is 24.8 Å². The van der Waals surface area contributed by atoms with Crippen LogP contribution in [0, 0.1) is 0 Å². The van der Waals surface area contributed by atoms with Crippen LogP contribution in [-0.4, -0.2) is 57.5 Å². The fourth-order valence-corrected chi connectivity index (χ4v) is 6.93. The van der Waals surface area contributed by atoms with Gasteiger partial charge in [0.2, 0.25) is 11.8 Å². The van der Waals surface area contributed by atoms with E-state index in [4.69, 9.17) is 9.47 Å². The summed E-state index contributed by atoms with van der Waals surface area (Å²) >= 11 is 3.50. The van der Waals surface area contributed by atoms with Crippen LogP contribution in [0.3, 0.4) is 0 Å². The number of ether oxygens (including phenoxy) is 2. The van der Waals surface area contributed by atoms with Crippen LogP contribution >= 0.6 is 15.9 Å². The zero-order valence-electron chi connectivity index (χ0n) is 27.1. The number of methoxy groups -OCH3 is 2. The third kappa shape index (κ3) is 9.36. The van der Waals surface area contributed by atoms with Gasteiger partial charge in [0.25, 0.3) is 10.0 Å². The number of sulfonamides is 1. The molecule has 4 rings (SSSR count). The number of para-hydroxylation sites is 2. The van der Waals surface area contributed by atoms with Gasteiger partial charge < -0.3 is 19.7 Å². The Hall–Kier alpha value is -4.35. The van der Waals surface area contributed by atoms with Crippen molar-refractivity contribution in [3.63, 3.8) is 0 Å². The third-order valence-electron chi connectivity index (χ3n) is 7.29. The monoisotopic (exact) mass is 721 g/mol. The Morgan fingerprint density at radius 3 is 2.09 bits per heavy atom. The normalized spacial score (nSPS) is 12.1. The summed E-state index contributed by atoms with van der Waals surface area (Å²) in [7, 11) is -1.38. The summed E-state index contributed by atoms with van der Waals surface area (Å²) in [6.07, 6.45) is 0.211. The lowest BCUT2D eigenvalue weighted by Crippen LogP contribution is -2.56. The van der Waals surface area contributed by atoms with E-state index in [2.05, 4.69) is 21.2 Å². The second kappa shape index (κ2) is 15.5. The van der Waals surface area contributed by atoms with Crippen molar-refractivity contribution < 1.29 is 27.5 Å². The molecule has 0 aliphatic rings. The van der Waals surface area contributed by atoms with E-state index in [1.807, 2.05) is 75.4 Å². The van der Waals surface area contributed by atoms with Gasteiger partial charge in [-0.1, -0.05) is 70.5 Å². The summed E-state index contributed by atoms with van der Waals surface area (Å²) in [6.45, 7) is 5.06. The van der Waals surface area contributed by atoms with E-state index in [1.54, 1.807) is 36.4 Å². The SMILES string of the molecule is COc1ccc(S(=O)(=O)N(CC(=O)N(Cc2cccc(Br)c2)C(Cc2ccccc2)C(=O)NC(C)(C)C)c2ccccc2OC)cc1. The van der Waals surface area contributed by atoms with E-state index in [1.165, 1.54) is 31.3 Å². The third-order valence-corrected chi connectivity index (χ3v) is 9.56. The molecule has 0 aliphatic carbocycles. The molecule has 2 amide bonds. The molecular formula is C36H40BrN3O6S. The van der Waals surface area contributed by atoms with Crippen molar-refractivity contribution in [1.29, 1.82) is 0 Å². The van der Waals surface area contributed by atoms with Gasteiger partial charge in [0, 0.05) is 23.0 Å². The number of carbonyl (C=O) groups is 2. The zero-order chi connectivity index (χ0) is 34.2. The maximum atomic E-state index is 14.7. The number of rotatable bonds is 13. The van der Waals surface area contributed by atoms with Gasteiger partial charge in [-0.15, -0.1) is 0 Å². The maximum absolute atomic E-state index is 14.7. The second-order valence-electron chi connectivity index (χ2n) is 12.0. The highest BCUT2D eigenvalue weighted by Crippen LogP contribution is 2.33. The van der Waals surface area contributed by atoms with Crippen LogP contribution < -0.4 is 19.1 Å². The predicted molar refractivity (Wildman–Crippen MR) is 187 cm³/mol. The van der Waals surface area contributed by atoms with Crippen LogP contribution in [-0.2, 0) is 32.6 Å². The first kappa shape index (κ1) is 35.5. The molecule has 4 aromatic carbocycles. The number of nitrogens with zero attached hydrogens (tertiary/aromatic N) is 2. The van der Waals surface area contributed by atoms with Crippen LogP contribution in [0.4, 0.5) is 5.69 Å². The number of hydrogen-bond donors (Lipinski definition) is 1. The summed E-state index contributed by atoms with van der Waals surface area (Å²) in [6, 6.07) is 28.4. The van der Waals surface area contributed by atoms with Gasteiger partial charge in [-0.25, -0.2) is 8.42 Å². The summed E-state index contributed by atoms with van der Waals surface area (Å²) in [5.41, 5.74) is 1.20. The first-order valence-corrected chi connectivity index (χ1v) is 17.3. The number of anilines is 1. The van der Waals surface area contributed by atoms with Crippen molar-refractivity contribution in [3.8, 4) is 11.5 Å². The standard InChI is InChI=1S/C36H40BrN3O6S/c1-36(2,3)38-35(42)32(23-26-12-7-6-8-13-26)39(24-27-14-11-15-28(37)22-27)34(41)25-40(31-16-9-10-17-33(31)46-5)47(43,44)30-20-18-29(45-4)19-21-30/h6-22,32H,23-25H2,1-5H3,(H,38,42). The van der Waals surface area contributed by atoms with Crippen molar-refractivity contribution in [2.75, 3.05) is 25.1 Å². The van der Waals surface area contributed by atoms with Gasteiger partial charge in [-0.05, 0) is 80.4 Å². The van der Waals surface area contributed by atoms with Crippen molar-refractivity contribution in [2.45, 2.75) is 50.2 Å². The molecule has 0 saturated heterocycles. The summed E-state index contributed by atoms with van der Waals surface area (Å²) < 4.78 is 41.2. The predicted octanol–water partition coefficient (Wildman–Crippen LogP) is 6.22. The van der Waals surface area contributed by atoms with Crippen molar-refractivity contribution in [1.82, 2.24) is 10.2 Å². The van der Waals surface area contributed by atoms with Gasteiger partial charge in [0.15, 0.2) is 0 Å². The van der Waals surface area contributed by atoms with E-state index in [0.29, 0.717) is 5.75 Å². The first-order chi connectivity index (χ1) is 22.3. The highest BCUT2D eigenvalue weighted by molar-refractivity contribution is 9.10. The average molecular weight is 723 g/mol. The Kier molecular flexibility index (Phi) is 11.7. The van der Waals surface area contributed by atoms with Gasteiger partial charge in [0.1, 0.15) is 24.1 Å². The molecule has 0 spiro atoms. The molecule has 1 unspecified atom stereocenters. The molecule has 47 heavy (non-hydrogen) atoms. The number of hydrogen-bond acceptors (Lipinski definition) is 6. The molecule has 0 radical (unpaired) electrons. The van der Waals surface area contributed by atoms with Gasteiger partial charge in [-0.3, -0.25) is 13.9 Å². The van der Waals surface area contributed by atoms with E-state index < -0.39 is 34.1 Å². The maximum Gasteiger partial charge on any atom is 0.264 e. The lowest BCUT2D eigenvalue weighted by molar-refractivity contribution is -0.140. The lowest BCUT2D eigenvalue weighted by Gasteiger charge is -2.35. The van der Waals surface area contributed by atoms with E-state index in [0.717, 1.165) is 19.9 Å². The topological polar surface area (TPSA) is 105 Å². The number of benzene rings is 4. The molecule has 0 fully saturated rings. The lowest BCUT2D eigenvalue weighted by atomic mass is 10.0. The highest BCUT2D eigenvalue weighted by Gasteiger charge is 2.36. The van der Waals surface area contributed by atoms with Crippen LogP contribution in [0.1, 0.15) is 31.9 Å². The molecule has 0 saturated carbocycles. The summed E-state index contributed by atoms with van der Waals surface area (Å²) in [5, 5.41) is 3.04. The van der Waals surface area contributed by atoms with Crippen LogP contribution in [0.25, 0.3) is 0 Å². The Bertz CT molecular complexity index is 1780. The summed E-state index contributed by atoms with van der Waals surface area (Å²) in [4.78, 5) is 30.1.